The first-order valence-electron chi connectivity index (χ1n) is 7.24. The summed E-state index contributed by atoms with van der Waals surface area (Å²) in [6.07, 6.45) is 0. The molecule has 0 fully saturated rings. The van der Waals surface area contributed by atoms with Gasteiger partial charge in [0.2, 0.25) is 0 Å². The highest BCUT2D eigenvalue weighted by Gasteiger charge is 2.06. The van der Waals surface area contributed by atoms with Gasteiger partial charge in [-0.05, 0) is 55.2 Å². The second-order valence-electron chi connectivity index (χ2n) is 5.30. The molecule has 106 valence electrons. The smallest absolute Gasteiger partial charge is 0.0429 e. The van der Waals surface area contributed by atoms with Gasteiger partial charge in [-0.1, -0.05) is 30.3 Å². The van der Waals surface area contributed by atoms with Crippen molar-refractivity contribution >= 4 is 5.69 Å². The zero-order valence-electron chi connectivity index (χ0n) is 12.7. The van der Waals surface area contributed by atoms with E-state index in [0.29, 0.717) is 6.54 Å². The molecule has 0 aromatic heterocycles. The Kier molecular flexibility index (Phi) is 4.80. The standard InChI is InChI=1S/C18H24N2/c1-4-20(18-9-7-16(12-19)8-10-18)13-17-6-5-14(2)15(3)11-17/h5-11H,4,12-13,19H2,1-3H3. The SMILES string of the molecule is CCN(Cc1ccc(C)c(C)c1)c1ccc(CN)cc1. The fourth-order valence-electron chi connectivity index (χ4n) is 2.35. The second kappa shape index (κ2) is 6.58. The van der Waals surface area contributed by atoms with Gasteiger partial charge in [-0.3, -0.25) is 0 Å². The lowest BCUT2D eigenvalue weighted by Gasteiger charge is -2.24. The summed E-state index contributed by atoms with van der Waals surface area (Å²) in [6.45, 7) is 9.06. The number of hydrogen-bond donors (Lipinski definition) is 1. The molecule has 0 saturated heterocycles. The first-order valence-corrected chi connectivity index (χ1v) is 7.24. The number of anilines is 1. The van der Waals surface area contributed by atoms with Crippen LogP contribution in [-0.4, -0.2) is 6.54 Å². The summed E-state index contributed by atoms with van der Waals surface area (Å²) in [5.41, 5.74) is 12.1. The van der Waals surface area contributed by atoms with Crippen molar-refractivity contribution in [3.63, 3.8) is 0 Å². The van der Waals surface area contributed by atoms with E-state index in [4.69, 9.17) is 5.73 Å². The van der Waals surface area contributed by atoms with Crippen LogP contribution in [0, 0.1) is 13.8 Å². The van der Waals surface area contributed by atoms with Gasteiger partial charge in [0.25, 0.3) is 0 Å². The lowest BCUT2D eigenvalue weighted by atomic mass is 10.1. The fraction of sp³-hybridized carbons (Fsp3) is 0.333. The third-order valence-electron chi connectivity index (χ3n) is 3.86. The largest absolute Gasteiger partial charge is 0.367 e. The van der Waals surface area contributed by atoms with Crippen molar-refractivity contribution in [1.29, 1.82) is 0 Å². The Labute approximate surface area is 122 Å². The van der Waals surface area contributed by atoms with Gasteiger partial charge in [-0.2, -0.15) is 0 Å². The molecule has 2 N–H and O–H groups in total. The molecule has 2 aromatic rings. The van der Waals surface area contributed by atoms with E-state index in [1.165, 1.54) is 27.9 Å². The molecule has 0 aliphatic carbocycles. The van der Waals surface area contributed by atoms with E-state index in [1.807, 2.05) is 0 Å². The molecule has 2 rings (SSSR count). The predicted molar refractivity (Wildman–Crippen MR) is 87.0 cm³/mol. The second-order valence-corrected chi connectivity index (χ2v) is 5.30. The maximum atomic E-state index is 5.65. The van der Waals surface area contributed by atoms with E-state index in [0.717, 1.165) is 13.1 Å². The summed E-state index contributed by atoms with van der Waals surface area (Å²) >= 11 is 0. The van der Waals surface area contributed by atoms with Gasteiger partial charge < -0.3 is 10.6 Å². The predicted octanol–water partition coefficient (Wildman–Crippen LogP) is 3.79. The Morgan fingerprint density at radius 1 is 0.900 bits per heavy atom. The molecule has 0 amide bonds. The fourth-order valence-corrected chi connectivity index (χ4v) is 2.35. The lowest BCUT2D eigenvalue weighted by molar-refractivity contribution is 0.830. The lowest BCUT2D eigenvalue weighted by Crippen LogP contribution is -2.22. The molecule has 0 atom stereocenters. The zero-order valence-corrected chi connectivity index (χ0v) is 12.7. The van der Waals surface area contributed by atoms with Crippen molar-refractivity contribution in [3.05, 3.63) is 64.7 Å². The highest BCUT2D eigenvalue weighted by molar-refractivity contribution is 5.48. The first-order chi connectivity index (χ1) is 9.63. The van der Waals surface area contributed by atoms with Crippen molar-refractivity contribution in [1.82, 2.24) is 0 Å². The van der Waals surface area contributed by atoms with Crippen molar-refractivity contribution in [3.8, 4) is 0 Å². The molecule has 0 heterocycles. The molecule has 0 spiro atoms. The van der Waals surface area contributed by atoms with Crippen LogP contribution in [0.15, 0.2) is 42.5 Å². The van der Waals surface area contributed by atoms with Gasteiger partial charge in [0.05, 0.1) is 0 Å². The average Bonchev–Trinajstić information content (AvgIpc) is 2.48. The van der Waals surface area contributed by atoms with Gasteiger partial charge in [0.15, 0.2) is 0 Å². The maximum absolute atomic E-state index is 5.65. The molecule has 0 bridgehead atoms. The van der Waals surface area contributed by atoms with Crippen LogP contribution in [0.2, 0.25) is 0 Å². The molecule has 2 aromatic carbocycles. The monoisotopic (exact) mass is 268 g/mol. The van der Waals surface area contributed by atoms with Crippen LogP contribution in [0.1, 0.15) is 29.2 Å². The molecular formula is C18H24N2. The highest BCUT2D eigenvalue weighted by Crippen LogP contribution is 2.19. The minimum Gasteiger partial charge on any atom is -0.367 e. The van der Waals surface area contributed by atoms with Gasteiger partial charge in [0.1, 0.15) is 0 Å². The quantitative estimate of drug-likeness (QED) is 0.894. The van der Waals surface area contributed by atoms with Crippen LogP contribution in [0.25, 0.3) is 0 Å². The van der Waals surface area contributed by atoms with Gasteiger partial charge >= 0.3 is 0 Å². The summed E-state index contributed by atoms with van der Waals surface area (Å²) in [5, 5.41) is 0. The van der Waals surface area contributed by atoms with E-state index in [9.17, 15) is 0 Å². The van der Waals surface area contributed by atoms with Gasteiger partial charge in [-0.25, -0.2) is 0 Å². The first kappa shape index (κ1) is 14.6. The minimum atomic E-state index is 0.601. The summed E-state index contributed by atoms with van der Waals surface area (Å²) < 4.78 is 0. The molecule has 20 heavy (non-hydrogen) atoms. The molecule has 0 radical (unpaired) electrons. The van der Waals surface area contributed by atoms with E-state index < -0.39 is 0 Å². The topological polar surface area (TPSA) is 29.3 Å². The zero-order chi connectivity index (χ0) is 14.5. The Hall–Kier alpha value is -1.80. The number of nitrogens with two attached hydrogens (primary N) is 1. The highest BCUT2D eigenvalue weighted by atomic mass is 15.1. The van der Waals surface area contributed by atoms with E-state index in [1.54, 1.807) is 0 Å². The van der Waals surface area contributed by atoms with Crippen LogP contribution < -0.4 is 10.6 Å². The van der Waals surface area contributed by atoms with Gasteiger partial charge in [0, 0.05) is 25.3 Å². The van der Waals surface area contributed by atoms with Crippen LogP contribution in [-0.2, 0) is 13.1 Å². The Bertz CT molecular complexity index is 558. The molecule has 2 heteroatoms. The molecule has 0 aliphatic heterocycles. The normalized spacial score (nSPS) is 10.6. The van der Waals surface area contributed by atoms with Crippen LogP contribution in [0.3, 0.4) is 0 Å². The molecular weight excluding hydrogens is 244 g/mol. The Morgan fingerprint density at radius 3 is 2.10 bits per heavy atom. The summed E-state index contributed by atoms with van der Waals surface area (Å²) in [7, 11) is 0. The third kappa shape index (κ3) is 3.40. The number of hydrogen-bond acceptors (Lipinski definition) is 2. The number of rotatable bonds is 5. The molecule has 0 aliphatic rings. The van der Waals surface area contributed by atoms with Crippen molar-refractivity contribution in [2.24, 2.45) is 5.73 Å². The van der Waals surface area contributed by atoms with Crippen molar-refractivity contribution < 1.29 is 0 Å². The molecule has 2 nitrogen and oxygen atoms in total. The minimum absolute atomic E-state index is 0.601. The average molecular weight is 268 g/mol. The summed E-state index contributed by atoms with van der Waals surface area (Å²) in [4.78, 5) is 2.38. The van der Waals surface area contributed by atoms with Crippen LogP contribution >= 0.6 is 0 Å². The van der Waals surface area contributed by atoms with Crippen molar-refractivity contribution in [2.45, 2.75) is 33.9 Å². The third-order valence-corrected chi connectivity index (χ3v) is 3.86. The van der Waals surface area contributed by atoms with Crippen molar-refractivity contribution in [2.75, 3.05) is 11.4 Å². The maximum Gasteiger partial charge on any atom is 0.0429 e. The van der Waals surface area contributed by atoms with Crippen LogP contribution in [0.4, 0.5) is 5.69 Å². The van der Waals surface area contributed by atoms with Gasteiger partial charge in [-0.15, -0.1) is 0 Å². The number of benzene rings is 2. The summed E-state index contributed by atoms with van der Waals surface area (Å²) in [6, 6.07) is 15.2. The van der Waals surface area contributed by atoms with E-state index in [2.05, 4.69) is 68.1 Å². The van der Waals surface area contributed by atoms with E-state index in [-0.39, 0.29) is 0 Å². The summed E-state index contributed by atoms with van der Waals surface area (Å²) in [5.74, 6) is 0. The van der Waals surface area contributed by atoms with E-state index >= 15 is 0 Å². The Morgan fingerprint density at radius 2 is 1.55 bits per heavy atom. The van der Waals surface area contributed by atoms with Crippen LogP contribution in [0.5, 0.6) is 0 Å². The molecule has 0 unspecified atom stereocenters. The Balaban J connectivity index is 2.16. The number of nitrogens with zero attached hydrogens (tertiary/aromatic N) is 1. The number of aryl methyl sites for hydroxylation is 2. The molecule has 0 saturated carbocycles.